The first-order chi connectivity index (χ1) is 22.6. The number of hydrogen-bond donors (Lipinski definition) is 2. The van der Waals surface area contributed by atoms with Gasteiger partial charge in [0.2, 0.25) is 4.71 Å². The normalized spacial score (nSPS) is 19.2. The second-order valence-corrected chi connectivity index (χ2v) is 15.2. The number of rotatable bonds is 8. The number of carbonyl (C=O) groups excluding carboxylic acids is 1. The average Bonchev–Trinajstić information content (AvgIpc) is 3.36. The molecule has 2 atom stereocenters. The Morgan fingerprint density at radius 3 is 2.51 bits per heavy atom. The van der Waals surface area contributed by atoms with Crippen molar-refractivity contribution in [1.82, 2.24) is 9.88 Å². The van der Waals surface area contributed by atoms with Crippen molar-refractivity contribution in [3.8, 4) is 11.1 Å². The molecule has 8 nitrogen and oxygen atoms in total. The molecule has 7 rings (SSSR count). The number of unbranched alkanes of at least 4 members (excludes halogenated alkanes) is 1. The molecule has 1 saturated heterocycles. The summed E-state index contributed by atoms with van der Waals surface area (Å²) in [4.78, 5) is 30.5. The predicted molar refractivity (Wildman–Crippen MR) is 188 cm³/mol. The number of benzene rings is 4. The number of aromatic nitrogens is 1. The van der Waals surface area contributed by atoms with Crippen molar-refractivity contribution in [3.05, 3.63) is 94.5 Å². The zero-order chi connectivity index (χ0) is 32.9. The molecule has 5 aromatic rings. The fraction of sp³-hybridized carbons (Fsp3) is 0.270. The zero-order valence-corrected chi connectivity index (χ0v) is 27.5. The van der Waals surface area contributed by atoms with E-state index in [1.807, 2.05) is 42.5 Å². The van der Waals surface area contributed by atoms with Crippen molar-refractivity contribution in [3.63, 3.8) is 0 Å². The van der Waals surface area contributed by atoms with Crippen molar-refractivity contribution < 1.29 is 27.7 Å². The van der Waals surface area contributed by atoms with E-state index in [1.54, 1.807) is 0 Å². The topological polar surface area (TPSA) is 125 Å². The van der Waals surface area contributed by atoms with E-state index >= 15 is 0 Å². The molecule has 0 spiro atoms. The van der Waals surface area contributed by atoms with Gasteiger partial charge < -0.3 is 5.11 Å². The minimum Gasteiger partial charge on any atom is -0.480 e. The number of aliphatic carboxylic acids is 1. The molecule has 1 aromatic heterocycles. The van der Waals surface area contributed by atoms with Gasteiger partial charge in [0.1, 0.15) is 6.54 Å². The molecule has 2 aliphatic rings. The van der Waals surface area contributed by atoms with E-state index in [9.17, 15) is 27.7 Å². The summed E-state index contributed by atoms with van der Waals surface area (Å²) in [5, 5.41) is 14.8. The van der Waals surface area contributed by atoms with Gasteiger partial charge in [0, 0.05) is 10.9 Å². The Hall–Kier alpha value is -4.25. The van der Waals surface area contributed by atoms with Crippen LogP contribution in [0.25, 0.3) is 49.7 Å². The lowest BCUT2D eigenvalue weighted by atomic mass is 9.77. The molecule has 1 aliphatic heterocycles. The molecule has 10 heteroatoms. The summed E-state index contributed by atoms with van der Waals surface area (Å²) < 4.78 is 32.5. The van der Waals surface area contributed by atoms with E-state index in [4.69, 9.17) is 4.98 Å². The van der Waals surface area contributed by atoms with E-state index in [2.05, 4.69) is 37.3 Å². The first-order valence-electron chi connectivity index (χ1n) is 15.9. The molecule has 2 unspecified atom stereocenters. The maximum absolute atomic E-state index is 13.4. The number of amides is 1. The molecule has 47 heavy (non-hydrogen) atoms. The van der Waals surface area contributed by atoms with E-state index in [-0.39, 0.29) is 4.91 Å². The highest BCUT2D eigenvalue weighted by atomic mass is 32.3. The Morgan fingerprint density at radius 2 is 1.74 bits per heavy atom. The molecule has 2 heterocycles. The molecule has 1 amide bonds. The van der Waals surface area contributed by atoms with E-state index in [0.717, 1.165) is 40.1 Å². The van der Waals surface area contributed by atoms with Crippen LogP contribution in [0.1, 0.15) is 61.8 Å². The minimum absolute atomic E-state index is 0.0147. The highest BCUT2D eigenvalue weighted by molar-refractivity contribution is 8.15. The van der Waals surface area contributed by atoms with Crippen molar-refractivity contribution in [1.29, 1.82) is 0 Å². The van der Waals surface area contributed by atoms with Gasteiger partial charge in [0.05, 0.1) is 16.1 Å². The lowest BCUT2D eigenvalue weighted by Gasteiger charge is -2.27. The van der Waals surface area contributed by atoms with Crippen LogP contribution in [0.2, 0.25) is 0 Å². The Labute approximate surface area is 277 Å². The van der Waals surface area contributed by atoms with E-state index < -0.39 is 33.2 Å². The van der Waals surface area contributed by atoms with Gasteiger partial charge in [-0.25, -0.2) is 4.98 Å². The van der Waals surface area contributed by atoms with E-state index in [0.29, 0.717) is 33.8 Å². The third-order valence-corrected chi connectivity index (χ3v) is 12.1. The maximum Gasteiger partial charge on any atom is 0.323 e. The van der Waals surface area contributed by atoms with Gasteiger partial charge in [-0.05, 0) is 94.1 Å². The van der Waals surface area contributed by atoms with Gasteiger partial charge in [0.25, 0.3) is 16.0 Å². The molecular formula is C37H34N2O6S2. The number of aryl methyl sites for hydroxylation is 1. The van der Waals surface area contributed by atoms with Gasteiger partial charge in [-0.3, -0.25) is 19.0 Å². The standard InChI is InChI=1S/C37H34N2O6S2/c1-2-3-9-22-11-8-14-25-24(22)16-17-28-26-12-5-6-13-27(26)30(19-29(25)28)31-18-23-10-4-7-15-32(23)38-33(31)20-34-36(42)39(21-35(40)41)37(46-34)47(43,44)45/h4-7,10,12-13,15-20,22,37H,2-3,8-9,11,14,21H2,1H3,(H,40,41)(H,43,44,45). The van der Waals surface area contributed by atoms with Crippen LogP contribution in [-0.4, -0.2) is 51.1 Å². The predicted octanol–water partition coefficient (Wildman–Crippen LogP) is 7.99. The molecular weight excluding hydrogens is 633 g/mol. The Bertz CT molecular complexity index is 2230. The number of nitrogens with zero attached hydrogens (tertiary/aromatic N) is 2. The Morgan fingerprint density at radius 1 is 1.00 bits per heavy atom. The van der Waals surface area contributed by atoms with E-state index in [1.165, 1.54) is 53.7 Å². The summed E-state index contributed by atoms with van der Waals surface area (Å²) in [7, 11) is -4.78. The monoisotopic (exact) mass is 666 g/mol. The smallest absolute Gasteiger partial charge is 0.323 e. The first kappa shape index (κ1) is 31.4. The lowest BCUT2D eigenvalue weighted by Crippen LogP contribution is -2.40. The number of pyridine rings is 1. The largest absolute Gasteiger partial charge is 0.480 e. The number of carbonyl (C=O) groups is 2. The molecule has 1 fully saturated rings. The third-order valence-electron chi connectivity index (χ3n) is 9.34. The third kappa shape index (κ3) is 5.79. The number of para-hydroxylation sites is 1. The van der Waals surface area contributed by atoms with Crippen LogP contribution in [-0.2, 0) is 26.1 Å². The van der Waals surface area contributed by atoms with Crippen LogP contribution in [0.15, 0.2) is 77.7 Å². The average molecular weight is 667 g/mol. The maximum atomic E-state index is 13.4. The fourth-order valence-corrected chi connectivity index (χ4v) is 9.42. The van der Waals surface area contributed by atoms with Crippen molar-refractivity contribution in [2.75, 3.05) is 6.54 Å². The van der Waals surface area contributed by atoms with Gasteiger partial charge >= 0.3 is 5.97 Å². The van der Waals surface area contributed by atoms with Gasteiger partial charge in [-0.2, -0.15) is 8.42 Å². The summed E-state index contributed by atoms with van der Waals surface area (Å²) in [6.45, 7) is 1.36. The van der Waals surface area contributed by atoms with Gasteiger partial charge in [0.15, 0.2) is 0 Å². The molecule has 0 saturated carbocycles. The number of hydrogen-bond acceptors (Lipinski definition) is 6. The molecule has 1 aliphatic carbocycles. The highest BCUT2D eigenvalue weighted by Crippen LogP contribution is 2.45. The van der Waals surface area contributed by atoms with Crippen molar-refractivity contribution in [2.24, 2.45) is 0 Å². The first-order valence-corrected chi connectivity index (χ1v) is 18.3. The second kappa shape index (κ2) is 12.4. The summed E-state index contributed by atoms with van der Waals surface area (Å²) in [6.07, 6.45) is 8.40. The summed E-state index contributed by atoms with van der Waals surface area (Å²) in [5.74, 6) is -1.65. The Balaban J connectivity index is 1.47. The van der Waals surface area contributed by atoms with Crippen LogP contribution < -0.4 is 0 Å². The number of carboxylic acids is 1. The second-order valence-electron chi connectivity index (χ2n) is 12.3. The molecule has 4 aromatic carbocycles. The lowest BCUT2D eigenvalue weighted by molar-refractivity contribution is -0.142. The summed E-state index contributed by atoms with van der Waals surface area (Å²) in [5.41, 5.74) is 5.65. The highest BCUT2D eigenvalue weighted by Gasteiger charge is 2.44. The van der Waals surface area contributed by atoms with Crippen LogP contribution >= 0.6 is 11.8 Å². The quantitative estimate of drug-likeness (QED) is 0.0970. The SMILES string of the molecule is CCCCC1CCCc2c1ccc1c2cc(-c2cc3ccccc3nc2C=C2SC(S(=O)(=O)O)N(CC(=O)O)C2=O)c2ccccc21. The van der Waals surface area contributed by atoms with Gasteiger partial charge in [-0.1, -0.05) is 86.1 Å². The number of carboxylic acid groups (broad SMARTS) is 1. The molecule has 0 bridgehead atoms. The Kier molecular flexibility index (Phi) is 8.28. The van der Waals surface area contributed by atoms with Crippen molar-refractivity contribution in [2.45, 2.75) is 56.1 Å². The zero-order valence-electron chi connectivity index (χ0n) is 25.8. The number of thioether (sulfide) groups is 1. The summed E-state index contributed by atoms with van der Waals surface area (Å²) >= 11 is 0.608. The summed E-state index contributed by atoms with van der Waals surface area (Å²) in [6, 6.07) is 24.8. The fourth-order valence-electron chi connectivity index (χ4n) is 7.22. The van der Waals surface area contributed by atoms with Crippen molar-refractivity contribution >= 4 is 72.3 Å². The van der Waals surface area contributed by atoms with Crippen LogP contribution in [0.4, 0.5) is 0 Å². The molecule has 2 N–H and O–H groups in total. The van der Waals surface area contributed by atoms with Crippen LogP contribution in [0, 0.1) is 0 Å². The molecule has 240 valence electrons. The molecule has 0 radical (unpaired) electrons. The van der Waals surface area contributed by atoms with Crippen LogP contribution in [0.5, 0.6) is 0 Å². The van der Waals surface area contributed by atoms with Crippen LogP contribution in [0.3, 0.4) is 0 Å². The minimum atomic E-state index is -4.78. The number of fused-ring (bicyclic) bond motifs is 6. The van der Waals surface area contributed by atoms with Gasteiger partial charge in [-0.15, -0.1) is 0 Å².